The van der Waals surface area contributed by atoms with Crippen molar-refractivity contribution >= 4 is 11.4 Å². The Labute approximate surface area is 112 Å². The van der Waals surface area contributed by atoms with E-state index in [9.17, 15) is 0 Å². The van der Waals surface area contributed by atoms with Gasteiger partial charge in [-0.3, -0.25) is 0 Å². The summed E-state index contributed by atoms with van der Waals surface area (Å²) in [6.07, 6.45) is 3.90. The lowest BCUT2D eigenvalue weighted by molar-refractivity contribution is 0.152. The highest BCUT2D eigenvalue weighted by Crippen LogP contribution is 2.17. The number of rotatable bonds is 3. The lowest BCUT2D eigenvalue weighted by atomic mass is 10.1. The van der Waals surface area contributed by atoms with E-state index in [1.165, 1.54) is 0 Å². The van der Waals surface area contributed by atoms with Crippen LogP contribution in [0.2, 0.25) is 0 Å². The largest absolute Gasteiger partial charge is 0.364 e. The SMILES string of the molecule is C1=C(Nc2ccccc2)ONC(c2ccccc2)=C1. The Morgan fingerprint density at radius 1 is 0.789 bits per heavy atom. The third-order valence-electron chi connectivity index (χ3n) is 2.80. The van der Waals surface area contributed by atoms with Crippen LogP contribution in [0.25, 0.3) is 5.70 Å². The van der Waals surface area contributed by atoms with Gasteiger partial charge in [0.15, 0.2) is 0 Å². The molecule has 3 rings (SSSR count). The minimum absolute atomic E-state index is 0.672. The smallest absolute Gasteiger partial charge is 0.224 e. The molecule has 0 spiro atoms. The molecule has 0 bridgehead atoms. The second-order valence-electron chi connectivity index (χ2n) is 4.17. The molecule has 0 saturated carbocycles. The van der Waals surface area contributed by atoms with Gasteiger partial charge in [-0.05, 0) is 18.2 Å². The molecule has 0 saturated heterocycles. The average molecular weight is 250 g/mol. The quantitative estimate of drug-likeness (QED) is 0.874. The molecule has 1 aliphatic heterocycles. The molecule has 2 aromatic carbocycles. The van der Waals surface area contributed by atoms with Gasteiger partial charge in [0.1, 0.15) is 0 Å². The average Bonchev–Trinajstić information content (AvgIpc) is 2.50. The van der Waals surface area contributed by atoms with Crippen LogP contribution in [0.1, 0.15) is 5.56 Å². The molecule has 0 aliphatic carbocycles. The zero-order valence-electron chi connectivity index (χ0n) is 10.3. The van der Waals surface area contributed by atoms with Gasteiger partial charge in [-0.1, -0.05) is 48.5 Å². The summed E-state index contributed by atoms with van der Waals surface area (Å²) >= 11 is 0. The summed E-state index contributed by atoms with van der Waals surface area (Å²) in [6, 6.07) is 20.0. The Hall–Kier alpha value is -2.68. The fourth-order valence-corrected chi connectivity index (χ4v) is 1.84. The summed E-state index contributed by atoms with van der Waals surface area (Å²) in [6.45, 7) is 0. The number of hydrogen-bond acceptors (Lipinski definition) is 3. The topological polar surface area (TPSA) is 33.3 Å². The fraction of sp³-hybridized carbons (Fsp3) is 0. The van der Waals surface area contributed by atoms with E-state index in [0.717, 1.165) is 16.9 Å². The highest BCUT2D eigenvalue weighted by atomic mass is 16.7. The highest BCUT2D eigenvalue weighted by Gasteiger charge is 2.08. The molecule has 0 unspecified atom stereocenters. The first-order valence-corrected chi connectivity index (χ1v) is 6.14. The lowest BCUT2D eigenvalue weighted by Gasteiger charge is -2.18. The van der Waals surface area contributed by atoms with Crippen LogP contribution in [0.4, 0.5) is 5.69 Å². The van der Waals surface area contributed by atoms with Gasteiger partial charge in [0.05, 0.1) is 5.70 Å². The Morgan fingerprint density at radius 2 is 1.47 bits per heavy atom. The third-order valence-corrected chi connectivity index (χ3v) is 2.80. The van der Waals surface area contributed by atoms with Gasteiger partial charge in [-0.25, -0.2) is 5.48 Å². The van der Waals surface area contributed by atoms with Crippen LogP contribution >= 0.6 is 0 Å². The van der Waals surface area contributed by atoms with Crippen LogP contribution in [-0.2, 0) is 4.84 Å². The first kappa shape index (κ1) is 11.4. The number of nitrogens with one attached hydrogen (secondary N) is 2. The molecule has 3 nitrogen and oxygen atoms in total. The standard InChI is InChI=1S/C16H14N2O/c1-3-7-13(8-4-1)15-11-12-16(19-18-15)17-14-9-5-2-6-10-14/h1-12,17-18H. The van der Waals surface area contributed by atoms with Crippen LogP contribution in [-0.4, -0.2) is 0 Å². The Balaban J connectivity index is 1.74. The molecular formula is C16H14N2O. The molecule has 0 fully saturated rings. The minimum atomic E-state index is 0.672. The van der Waals surface area contributed by atoms with Crippen molar-refractivity contribution in [2.24, 2.45) is 0 Å². The molecule has 0 radical (unpaired) electrons. The summed E-state index contributed by atoms with van der Waals surface area (Å²) in [5, 5.41) is 3.18. The molecular weight excluding hydrogens is 236 g/mol. The zero-order chi connectivity index (χ0) is 12.9. The predicted octanol–water partition coefficient (Wildman–Crippen LogP) is 3.52. The minimum Gasteiger partial charge on any atom is -0.364 e. The van der Waals surface area contributed by atoms with Crippen molar-refractivity contribution in [2.45, 2.75) is 0 Å². The second kappa shape index (κ2) is 5.31. The molecule has 2 aromatic rings. The van der Waals surface area contributed by atoms with E-state index < -0.39 is 0 Å². The monoisotopic (exact) mass is 250 g/mol. The van der Waals surface area contributed by atoms with Crippen molar-refractivity contribution in [3.05, 3.63) is 84.3 Å². The molecule has 0 amide bonds. The van der Waals surface area contributed by atoms with Crippen molar-refractivity contribution in [3.63, 3.8) is 0 Å². The normalized spacial score (nSPS) is 13.7. The zero-order valence-corrected chi connectivity index (χ0v) is 10.3. The van der Waals surface area contributed by atoms with Crippen molar-refractivity contribution in [2.75, 3.05) is 5.32 Å². The first-order valence-electron chi connectivity index (χ1n) is 6.14. The summed E-state index contributed by atoms with van der Waals surface area (Å²) in [4.78, 5) is 5.48. The van der Waals surface area contributed by atoms with E-state index in [1.807, 2.05) is 72.8 Å². The number of hydrogen-bond donors (Lipinski definition) is 2. The van der Waals surface area contributed by atoms with Crippen LogP contribution < -0.4 is 10.8 Å². The second-order valence-corrected chi connectivity index (χ2v) is 4.17. The van der Waals surface area contributed by atoms with Crippen molar-refractivity contribution in [1.82, 2.24) is 5.48 Å². The molecule has 0 aromatic heterocycles. The van der Waals surface area contributed by atoms with E-state index in [4.69, 9.17) is 4.84 Å². The van der Waals surface area contributed by atoms with Crippen molar-refractivity contribution < 1.29 is 4.84 Å². The summed E-state index contributed by atoms with van der Waals surface area (Å²) < 4.78 is 0. The Morgan fingerprint density at radius 3 is 2.11 bits per heavy atom. The van der Waals surface area contributed by atoms with Gasteiger partial charge in [-0.2, -0.15) is 0 Å². The van der Waals surface area contributed by atoms with Gasteiger partial charge < -0.3 is 10.2 Å². The van der Waals surface area contributed by atoms with Crippen molar-refractivity contribution in [3.8, 4) is 0 Å². The summed E-state index contributed by atoms with van der Waals surface area (Å²) in [5.74, 6) is 0.672. The van der Waals surface area contributed by atoms with Crippen LogP contribution in [0.5, 0.6) is 0 Å². The van der Waals surface area contributed by atoms with Crippen LogP contribution in [0.15, 0.2) is 78.7 Å². The van der Waals surface area contributed by atoms with Crippen LogP contribution in [0, 0.1) is 0 Å². The number of benzene rings is 2. The molecule has 1 heterocycles. The van der Waals surface area contributed by atoms with E-state index in [2.05, 4.69) is 10.8 Å². The van der Waals surface area contributed by atoms with E-state index >= 15 is 0 Å². The molecule has 1 aliphatic rings. The maximum Gasteiger partial charge on any atom is 0.224 e. The lowest BCUT2D eigenvalue weighted by Crippen LogP contribution is -2.19. The van der Waals surface area contributed by atoms with E-state index in [1.54, 1.807) is 0 Å². The third kappa shape index (κ3) is 2.77. The number of para-hydroxylation sites is 1. The molecule has 19 heavy (non-hydrogen) atoms. The van der Waals surface area contributed by atoms with E-state index in [-0.39, 0.29) is 0 Å². The summed E-state index contributed by atoms with van der Waals surface area (Å²) in [7, 11) is 0. The number of hydroxylamine groups is 1. The van der Waals surface area contributed by atoms with Gasteiger partial charge in [0.25, 0.3) is 0 Å². The fourth-order valence-electron chi connectivity index (χ4n) is 1.84. The van der Waals surface area contributed by atoms with Crippen molar-refractivity contribution in [1.29, 1.82) is 0 Å². The van der Waals surface area contributed by atoms with Gasteiger partial charge >= 0.3 is 0 Å². The predicted molar refractivity (Wildman–Crippen MR) is 76.8 cm³/mol. The van der Waals surface area contributed by atoms with Gasteiger partial charge in [0.2, 0.25) is 5.88 Å². The maximum absolute atomic E-state index is 5.48. The molecule has 3 heteroatoms. The molecule has 2 N–H and O–H groups in total. The first-order chi connectivity index (χ1) is 9.42. The van der Waals surface area contributed by atoms with Crippen LogP contribution in [0.3, 0.4) is 0 Å². The summed E-state index contributed by atoms with van der Waals surface area (Å²) in [5.41, 5.74) is 5.97. The van der Waals surface area contributed by atoms with Gasteiger partial charge in [-0.15, -0.1) is 0 Å². The number of allylic oxidation sites excluding steroid dienone is 2. The molecule has 94 valence electrons. The maximum atomic E-state index is 5.48. The Bertz CT molecular complexity index is 603. The number of anilines is 1. The highest BCUT2D eigenvalue weighted by molar-refractivity contribution is 5.66. The van der Waals surface area contributed by atoms with Gasteiger partial charge in [0, 0.05) is 17.3 Å². The molecule has 0 atom stereocenters. The van der Waals surface area contributed by atoms with E-state index in [0.29, 0.717) is 5.88 Å². The Kier molecular flexibility index (Phi) is 3.19.